The number of unbranched alkanes of at least 4 members (excludes halogenated alkanes) is 3. The Bertz CT molecular complexity index is 148. The number of ether oxygens (including phenoxy) is 5. The summed E-state index contributed by atoms with van der Waals surface area (Å²) in [5.74, 6) is 0. The maximum atomic E-state index is 5.47. The maximum Gasteiger partial charge on any atom is 0.0701 e. The van der Waals surface area contributed by atoms with E-state index in [2.05, 4.69) is 6.92 Å². The molecule has 0 saturated heterocycles. The summed E-state index contributed by atoms with van der Waals surface area (Å²) in [6.07, 6.45) is 4.98. The molecule has 0 radical (unpaired) electrons. The van der Waals surface area contributed by atoms with E-state index >= 15 is 0 Å². The van der Waals surface area contributed by atoms with Crippen LogP contribution in [0.2, 0.25) is 0 Å². The molecule has 0 aliphatic heterocycles. The van der Waals surface area contributed by atoms with E-state index < -0.39 is 0 Å². The second-order valence-corrected chi connectivity index (χ2v) is 4.50. The molecule has 0 heterocycles. The first kappa shape index (κ1) is 19.8. The molecule has 0 aromatic rings. The van der Waals surface area contributed by atoms with Crippen LogP contribution in [0.25, 0.3) is 0 Å². The summed E-state index contributed by atoms with van der Waals surface area (Å²) < 4.78 is 26.3. The average molecular weight is 292 g/mol. The van der Waals surface area contributed by atoms with Crippen molar-refractivity contribution < 1.29 is 23.7 Å². The Labute approximate surface area is 123 Å². The first-order valence-electron chi connectivity index (χ1n) is 7.71. The highest BCUT2D eigenvalue weighted by Crippen LogP contribution is 1.98. The predicted molar refractivity (Wildman–Crippen MR) is 79.3 cm³/mol. The van der Waals surface area contributed by atoms with Crippen molar-refractivity contribution in [1.29, 1.82) is 0 Å². The van der Waals surface area contributed by atoms with Crippen LogP contribution in [0, 0.1) is 0 Å². The Morgan fingerprint density at radius 1 is 0.500 bits per heavy atom. The van der Waals surface area contributed by atoms with Crippen LogP contribution in [-0.4, -0.2) is 66.6 Å². The predicted octanol–water partition coefficient (Wildman–Crippen LogP) is 2.28. The van der Waals surface area contributed by atoms with Gasteiger partial charge in [0.05, 0.1) is 52.9 Å². The quantitative estimate of drug-likeness (QED) is 0.385. The SMILES string of the molecule is CCCCCCOCCOCCOCCOCCOC. The standard InChI is InChI=1S/C15H32O5/c1-3-4-5-6-7-17-10-11-19-14-15-20-13-12-18-9-8-16-2/h3-15H2,1-2H3. The van der Waals surface area contributed by atoms with Gasteiger partial charge in [-0.3, -0.25) is 0 Å². The molecule has 0 unspecified atom stereocenters. The van der Waals surface area contributed by atoms with Gasteiger partial charge in [0, 0.05) is 13.7 Å². The Balaban J connectivity index is 2.89. The fourth-order valence-electron chi connectivity index (χ4n) is 1.53. The number of methoxy groups -OCH3 is 1. The van der Waals surface area contributed by atoms with Gasteiger partial charge in [0.1, 0.15) is 0 Å². The van der Waals surface area contributed by atoms with Crippen LogP contribution in [0.5, 0.6) is 0 Å². The van der Waals surface area contributed by atoms with Gasteiger partial charge in [0.15, 0.2) is 0 Å². The van der Waals surface area contributed by atoms with E-state index in [9.17, 15) is 0 Å². The Kier molecular flexibility index (Phi) is 18.6. The molecular weight excluding hydrogens is 260 g/mol. The number of hydrogen-bond acceptors (Lipinski definition) is 5. The van der Waals surface area contributed by atoms with Crippen molar-refractivity contribution in [2.24, 2.45) is 0 Å². The molecule has 0 bridgehead atoms. The summed E-state index contributed by atoms with van der Waals surface area (Å²) in [5.41, 5.74) is 0. The van der Waals surface area contributed by atoms with E-state index in [0.29, 0.717) is 52.9 Å². The van der Waals surface area contributed by atoms with Crippen molar-refractivity contribution in [3.63, 3.8) is 0 Å². The molecule has 0 N–H and O–H groups in total. The highest BCUT2D eigenvalue weighted by Gasteiger charge is 1.93. The van der Waals surface area contributed by atoms with Gasteiger partial charge in [-0.1, -0.05) is 26.2 Å². The smallest absolute Gasteiger partial charge is 0.0701 e. The number of rotatable bonds is 17. The lowest BCUT2D eigenvalue weighted by Gasteiger charge is -2.07. The monoisotopic (exact) mass is 292 g/mol. The molecule has 0 spiro atoms. The lowest BCUT2D eigenvalue weighted by Crippen LogP contribution is -2.13. The minimum absolute atomic E-state index is 0.598. The van der Waals surface area contributed by atoms with Gasteiger partial charge in [0.2, 0.25) is 0 Å². The molecule has 0 atom stereocenters. The molecule has 20 heavy (non-hydrogen) atoms. The van der Waals surface area contributed by atoms with Gasteiger partial charge >= 0.3 is 0 Å². The molecule has 0 saturated carbocycles. The van der Waals surface area contributed by atoms with Crippen molar-refractivity contribution in [2.45, 2.75) is 32.6 Å². The molecule has 0 aliphatic carbocycles. The van der Waals surface area contributed by atoms with Crippen LogP contribution in [0.3, 0.4) is 0 Å². The highest BCUT2D eigenvalue weighted by atomic mass is 16.6. The second-order valence-electron chi connectivity index (χ2n) is 4.50. The Morgan fingerprint density at radius 3 is 1.40 bits per heavy atom. The first-order valence-corrected chi connectivity index (χ1v) is 7.71. The van der Waals surface area contributed by atoms with Gasteiger partial charge < -0.3 is 23.7 Å². The molecule has 0 aliphatic rings. The van der Waals surface area contributed by atoms with Crippen LogP contribution < -0.4 is 0 Å². The molecule has 0 fully saturated rings. The average Bonchev–Trinajstić information content (AvgIpc) is 2.47. The third-order valence-corrected chi connectivity index (χ3v) is 2.69. The topological polar surface area (TPSA) is 46.2 Å². The van der Waals surface area contributed by atoms with E-state index in [4.69, 9.17) is 23.7 Å². The molecule has 5 heteroatoms. The van der Waals surface area contributed by atoms with Crippen molar-refractivity contribution >= 4 is 0 Å². The van der Waals surface area contributed by atoms with Gasteiger partial charge in [-0.2, -0.15) is 0 Å². The van der Waals surface area contributed by atoms with Gasteiger partial charge in [0.25, 0.3) is 0 Å². The summed E-state index contributed by atoms with van der Waals surface area (Å²) in [6, 6.07) is 0. The van der Waals surface area contributed by atoms with Crippen molar-refractivity contribution in [3.8, 4) is 0 Å². The maximum absolute atomic E-state index is 5.47. The molecule has 0 amide bonds. The van der Waals surface area contributed by atoms with Crippen LogP contribution in [-0.2, 0) is 23.7 Å². The fraction of sp³-hybridized carbons (Fsp3) is 1.00. The summed E-state index contributed by atoms with van der Waals surface area (Å²) in [5, 5.41) is 0. The van der Waals surface area contributed by atoms with Crippen LogP contribution in [0.1, 0.15) is 32.6 Å². The molecule has 0 aromatic carbocycles. The van der Waals surface area contributed by atoms with E-state index in [-0.39, 0.29) is 0 Å². The summed E-state index contributed by atoms with van der Waals surface area (Å²) >= 11 is 0. The van der Waals surface area contributed by atoms with E-state index in [1.807, 2.05) is 0 Å². The van der Waals surface area contributed by atoms with Crippen molar-refractivity contribution in [3.05, 3.63) is 0 Å². The zero-order chi connectivity index (χ0) is 14.7. The van der Waals surface area contributed by atoms with Crippen LogP contribution >= 0.6 is 0 Å². The summed E-state index contributed by atoms with van der Waals surface area (Å²) in [6.45, 7) is 8.02. The normalized spacial score (nSPS) is 11.1. The molecule has 0 rings (SSSR count). The molecular formula is C15H32O5. The lowest BCUT2D eigenvalue weighted by molar-refractivity contribution is -0.00800. The zero-order valence-electron chi connectivity index (χ0n) is 13.2. The van der Waals surface area contributed by atoms with Crippen LogP contribution in [0.15, 0.2) is 0 Å². The first-order chi connectivity index (χ1) is 9.91. The highest BCUT2D eigenvalue weighted by molar-refractivity contribution is 4.40. The number of hydrogen-bond donors (Lipinski definition) is 0. The summed E-state index contributed by atoms with van der Waals surface area (Å²) in [4.78, 5) is 0. The third-order valence-electron chi connectivity index (χ3n) is 2.69. The van der Waals surface area contributed by atoms with Crippen molar-refractivity contribution in [1.82, 2.24) is 0 Å². The molecule has 0 aromatic heterocycles. The lowest BCUT2D eigenvalue weighted by atomic mass is 10.2. The van der Waals surface area contributed by atoms with Gasteiger partial charge in [-0.05, 0) is 6.42 Å². The Hall–Kier alpha value is -0.200. The fourth-order valence-corrected chi connectivity index (χ4v) is 1.53. The Morgan fingerprint density at radius 2 is 0.950 bits per heavy atom. The molecule has 122 valence electrons. The minimum atomic E-state index is 0.598. The van der Waals surface area contributed by atoms with E-state index in [0.717, 1.165) is 13.0 Å². The second kappa shape index (κ2) is 18.8. The van der Waals surface area contributed by atoms with E-state index in [1.54, 1.807) is 7.11 Å². The van der Waals surface area contributed by atoms with Gasteiger partial charge in [-0.25, -0.2) is 0 Å². The van der Waals surface area contributed by atoms with Crippen molar-refractivity contribution in [2.75, 3.05) is 66.6 Å². The van der Waals surface area contributed by atoms with Crippen LogP contribution in [0.4, 0.5) is 0 Å². The minimum Gasteiger partial charge on any atom is -0.382 e. The van der Waals surface area contributed by atoms with E-state index in [1.165, 1.54) is 19.3 Å². The zero-order valence-corrected chi connectivity index (χ0v) is 13.2. The van der Waals surface area contributed by atoms with Gasteiger partial charge in [-0.15, -0.1) is 0 Å². The third kappa shape index (κ3) is 17.8. The molecule has 5 nitrogen and oxygen atoms in total. The summed E-state index contributed by atoms with van der Waals surface area (Å²) in [7, 11) is 1.66. The largest absolute Gasteiger partial charge is 0.382 e.